The van der Waals surface area contributed by atoms with Crippen LogP contribution in [0.4, 0.5) is 55.2 Å². The van der Waals surface area contributed by atoms with Crippen molar-refractivity contribution in [2.45, 2.75) is 38.9 Å². The highest BCUT2D eigenvalue weighted by Crippen LogP contribution is 2.26. The van der Waals surface area contributed by atoms with Crippen LogP contribution in [-0.4, -0.2) is 171 Å². The number of hydrogen-bond acceptors (Lipinski definition) is 14. The van der Waals surface area contributed by atoms with Gasteiger partial charge in [0.25, 0.3) is 0 Å². The highest BCUT2D eigenvalue weighted by Gasteiger charge is 2.27. The Balaban J connectivity index is 0.000000172. The van der Waals surface area contributed by atoms with Gasteiger partial charge < -0.3 is 45.3 Å². The van der Waals surface area contributed by atoms with Gasteiger partial charge >= 0.3 is 0 Å². The predicted octanol–water partition coefficient (Wildman–Crippen LogP) is 5.81. The van der Waals surface area contributed by atoms with E-state index in [0.29, 0.717) is 85.4 Å². The highest BCUT2D eigenvalue weighted by molar-refractivity contribution is 5.81. The molecule has 73 heavy (non-hydrogen) atoms. The number of piperazine rings is 3. The minimum atomic E-state index is -0.581. The minimum Gasteiger partial charge on any atom is -0.461 e. The van der Waals surface area contributed by atoms with Gasteiger partial charge in [0, 0.05) is 135 Å². The summed E-state index contributed by atoms with van der Waals surface area (Å²) in [5, 5.41) is 10.5. The predicted molar refractivity (Wildman–Crippen MR) is 273 cm³/mol. The summed E-state index contributed by atoms with van der Waals surface area (Å²) in [5.41, 5.74) is 8.08. The molecule has 3 saturated heterocycles. The molecule has 3 unspecified atom stereocenters. The third-order valence-corrected chi connectivity index (χ3v) is 13.5. The first-order chi connectivity index (χ1) is 35.0. The van der Waals surface area contributed by atoms with Crippen molar-refractivity contribution >= 4 is 40.4 Å². The molecule has 3 aromatic carbocycles. The number of nitrogen functional groups attached to an aromatic ring is 1. The van der Waals surface area contributed by atoms with E-state index >= 15 is 0 Å². The second-order valence-electron chi connectivity index (χ2n) is 18.5. The molecule has 394 valence electrons. The summed E-state index contributed by atoms with van der Waals surface area (Å²) < 4.78 is 87.4. The van der Waals surface area contributed by atoms with Gasteiger partial charge in [0.05, 0.1) is 29.4 Å². The van der Waals surface area contributed by atoms with E-state index in [-0.39, 0.29) is 23.9 Å². The van der Waals surface area contributed by atoms with E-state index in [0.717, 1.165) is 70.6 Å². The van der Waals surface area contributed by atoms with Crippen LogP contribution >= 0.6 is 0 Å². The minimum absolute atomic E-state index is 0.0479. The van der Waals surface area contributed by atoms with Crippen molar-refractivity contribution in [3.05, 3.63) is 114 Å². The summed E-state index contributed by atoms with van der Waals surface area (Å²) in [6.07, 6.45) is 1.57. The molecule has 4 N–H and O–H groups in total. The molecule has 0 aliphatic carbocycles. The first-order valence-corrected chi connectivity index (χ1v) is 24.5. The first-order valence-electron chi connectivity index (χ1n) is 24.5. The lowest BCUT2D eigenvalue weighted by Gasteiger charge is -2.38. The number of carbonyl (C=O) groups excluding carboxylic acids is 1. The largest absolute Gasteiger partial charge is 0.461 e. The van der Waals surface area contributed by atoms with Crippen LogP contribution in [0, 0.1) is 34.9 Å². The molecule has 22 heteroatoms. The molecule has 3 fully saturated rings. The van der Waals surface area contributed by atoms with E-state index < -0.39 is 34.9 Å². The van der Waals surface area contributed by atoms with Gasteiger partial charge in [-0.3, -0.25) is 14.6 Å². The Morgan fingerprint density at radius 3 is 1.58 bits per heavy atom. The summed E-state index contributed by atoms with van der Waals surface area (Å²) in [7, 11) is 5.67. The Morgan fingerprint density at radius 1 is 0.658 bits per heavy atom. The Bertz CT molecular complexity index is 2730. The zero-order valence-electron chi connectivity index (χ0n) is 42.2. The van der Waals surface area contributed by atoms with Crippen molar-refractivity contribution in [1.29, 1.82) is 0 Å². The Kier molecular flexibility index (Phi) is 18.5. The van der Waals surface area contributed by atoms with Crippen LogP contribution < -0.4 is 36.0 Å². The van der Waals surface area contributed by atoms with Crippen molar-refractivity contribution in [3.63, 3.8) is 0 Å². The summed E-state index contributed by atoms with van der Waals surface area (Å²) in [6, 6.07) is 16.9. The molecule has 3 aliphatic heterocycles. The molecule has 3 aromatic heterocycles. The normalized spacial score (nSPS) is 16.9. The second kappa shape index (κ2) is 24.9. The van der Waals surface area contributed by atoms with E-state index in [4.69, 9.17) is 10.2 Å². The summed E-state index contributed by atoms with van der Waals surface area (Å²) in [5.74, 6) is -1.23. The maximum Gasteiger partial charge on any atom is 0.239 e. The van der Waals surface area contributed by atoms with Gasteiger partial charge in [-0.1, -0.05) is 0 Å². The molecule has 0 bridgehead atoms. The molecular weight excluding hydrogens is 955 g/mol. The van der Waals surface area contributed by atoms with Gasteiger partial charge in [-0.05, 0) is 83.4 Å². The van der Waals surface area contributed by atoms with E-state index in [9.17, 15) is 31.1 Å². The zero-order chi connectivity index (χ0) is 52.3. The zero-order valence-corrected chi connectivity index (χ0v) is 42.2. The van der Waals surface area contributed by atoms with Crippen LogP contribution in [0.1, 0.15) is 20.8 Å². The van der Waals surface area contributed by atoms with Gasteiger partial charge in [-0.25, -0.2) is 31.3 Å². The standard InChI is InChI=1S/C23H26F2N8O.C14H19F2N3O.C14H21F2N3/c1-15(14-31-7-9-32(10-8-31)18-6-5-16(24)12-17(18)25)30(2)20-13-21-27-22(19-4-3-11-34-19)29-33(21)23(26)28-20;1-10(17-2)14(20)19-7-5-18(6-8-19)13-4-3-11(15)9-12(13)16;1-11(17-2)10-18-5-7-19(8-6-18)14-4-3-12(15)9-13(14)16/h3-6,11-13,15H,7-10,14H2,1-2H3,(H2,26,28);3-4,9-10,17H,5-8H2,1-2H3;3-4,9,11,17H,5-8,10H2,1-2H3. The van der Waals surface area contributed by atoms with Crippen molar-refractivity contribution in [2.24, 2.45) is 0 Å². The number of rotatable bonds is 13. The fraction of sp³-hybridized carbons (Fsp3) is 0.451. The number of aromatic nitrogens is 4. The number of fused-ring (bicyclic) bond motifs is 1. The maximum absolute atomic E-state index is 14.1. The molecule has 16 nitrogen and oxygen atoms in total. The molecule has 3 atom stereocenters. The summed E-state index contributed by atoms with van der Waals surface area (Å²) >= 11 is 0. The Hall–Kier alpha value is -6.62. The number of halogens is 6. The van der Waals surface area contributed by atoms with E-state index in [1.54, 1.807) is 30.3 Å². The van der Waals surface area contributed by atoms with Gasteiger partial charge in [-0.15, -0.1) is 5.10 Å². The molecule has 3 aliphatic rings. The van der Waals surface area contributed by atoms with Gasteiger partial charge in [0.1, 0.15) is 40.7 Å². The van der Waals surface area contributed by atoms with Crippen LogP contribution in [0.2, 0.25) is 0 Å². The lowest BCUT2D eigenvalue weighted by atomic mass is 10.2. The highest BCUT2D eigenvalue weighted by atomic mass is 19.2. The lowest BCUT2D eigenvalue weighted by Crippen LogP contribution is -2.53. The number of amides is 1. The van der Waals surface area contributed by atoms with E-state index in [2.05, 4.69) is 54.2 Å². The molecule has 0 spiro atoms. The van der Waals surface area contributed by atoms with E-state index in [1.165, 1.54) is 40.9 Å². The smallest absolute Gasteiger partial charge is 0.239 e. The van der Waals surface area contributed by atoms with Crippen LogP contribution in [-0.2, 0) is 4.79 Å². The molecule has 0 radical (unpaired) electrons. The third kappa shape index (κ3) is 13.9. The number of nitrogens with one attached hydrogen (secondary N) is 2. The molecule has 1 amide bonds. The Morgan fingerprint density at radius 2 is 1.14 bits per heavy atom. The second-order valence-corrected chi connectivity index (χ2v) is 18.5. The first kappa shape index (κ1) is 54.2. The number of hydrogen-bond donors (Lipinski definition) is 3. The van der Waals surface area contributed by atoms with Crippen LogP contribution in [0.15, 0.2) is 83.5 Å². The monoisotopic (exact) mass is 1020 g/mol. The SMILES string of the molecule is CC(CN1CCN(c2ccc(F)cc2F)CC1)N(C)c1cc2nc(-c3ccco3)nn2c(N)n1.CNC(C)C(=O)N1CCN(c2ccc(F)cc2F)CC1.CNC(C)CN1CCN(c2ccc(F)cc2F)CC1. The number of carbonyl (C=O) groups is 1. The fourth-order valence-electron chi connectivity index (χ4n) is 8.91. The van der Waals surface area contributed by atoms with Gasteiger partial charge in [0.15, 0.2) is 11.4 Å². The van der Waals surface area contributed by atoms with Crippen molar-refractivity contribution in [2.75, 3.05) is 138 Å². The average molecular weight is 1020 g/mol. The number of likely N-dealkylation sites (N-methyl/N-ethyl adjacent to an activating group) is 3. The quantitative estimate of drug-likeness (QED) is 0.120. The lowest BCUT2D eigenvalue weighted by molar-refractivity contribution is -0.133. The number of anilines is 5. The third-order valence-electron chi connectivity index (χ3n) is 13.5. The van der Waals surface area contributed by atoms with Crippen molar-refractivity contribution in [1.82, 2.24) is 44.9 Å². The Labute approximate surface area is 422 Å². The van der Waals surface area contributed by atoms with Gasteiger partial charge in [-0.2, -0.15) is 9.50 Å². The van der Waals surface area contributed by atoms with Crippen molar-refractivity contribution < 1.29 is 35.6 Å². The van der Waals surface area contributed by atoms with Gasteiger partial charge in [0.2, 0.25) is 17.7 Å². The molecule has 0 saturated carbocycles. The topological polar surface area (TPSA) is 146 Å². The number of furan rings is 1. The average Bonchev–Trinajstić information content (AvgIpc) is 4.09. The maximum atomic E-state index is 14.1. The molecule has 6 aromatic rings. The number of nitrogens with two attached hydrogens (primary N) is 1. The van der Waals surface area contributed by atoms with Crippen molar-refractivity contribution in [3.8, 4) is 11.6 Å². The number of nitrogens with zero attached hydrogens (tertiary/aromatic N) is 11. The van der Waals surface area contributed by atoms with E-state index in [1.807, 2.05) is 41.8 Å². The summed E-state index contributed by atoms with van der Waals surface area (Å²) in [4.78, 5) is 35.3. The summed E-state index contributed by atoms with van der Waals surface area (Å²) in [6.45, 7) is 16.3. The molecule has 9 rings (SSSR count). The van der Waals surface area contributed by atoms with Crippen LogP contribution in [0.3, 0.4) is 0 Å². The molecule has 6 heterocycles. The molecular formula is C51H66F6N14O2. The fourth-order valence-corrected chi connectivity index (χ4v) is 8.91. The number of benzene rings is 3. The van der Waals surface area contributed by atoms with Crippen LogP contribution in [0.5, 0.6) is 0 Å². The van der Waals surface area contributed by atoms with Crippen LogP contribution in [0.25, 0.3) is 17.2 Å².